The number of nitrogens with zero attached hydrogens (tertiary/aromatic N) is 1. The zero-order valence-electron chi connectivity index (χ0n) is 24.6. The summed E-state index contributed by atoms with van der Waals surface area (Å²) in [5, 5.41) is 19.5. The van der Waals surface area contributed by atoms with Crippen LogP contribution in [0, 0.1) is 17.8 Å². The fourth-order valence-electron chi connectivity index (χ4n) is 4.67. The summed E-state index contributed by atoms with van der Waals surface area (Å²) in [5.41, 5.74) is 3.34. The van der Waals surface area contributed by atoms with Gasteiger partial charge in [-0.1, -0.05) is 50.8 Å². The maximum atomic E-state index is 12.2. The fraction of sp³-hybridized carbons (Fsp3) is 0.667. The molecule has 0 radical (unpaired) electrons. The van der Waals surface area contributed by atoms with E-state index in [0.717, 1.165) is 25.7 Å². The molecular formula is C30H46N2O9. The van der Waals surface area contributed by atoms with E-state index in [0.29, 0.717) is 31.6 Å². The van der Waals surface area contributed by atoms with Gasteiger partial charge in [0, 0.05) is 0 Å². The van der Waals surface area contributed by atoms with Crippen LogP contribution in [0.2, 0.25) is 0 Å². The smallest absolute Gasteiger partial charge is 0.310 e. The predicted molar refractivity (Wildman–Crippen MR) is 152 cm³/mol. The van der Waals surface area contributed by atoms with Crippen LogP contribution in [0.4, 0.5) is 5.69 Å². The number of aliphatic hydroxyl groups is 1. The van der Waals surface area contributed by atoms with Crippen molar-refractivity contribution in [2.24, 2.45) is 17.8 Å². The SMILES string of the molecule is CC(CO)OCC(C)OCC(C)OC(=O)C1CCCCC1C(=O)O.CCCCC1C(=O)NN(c2ccccc2)C1=O. The lowest BCUT2D eigenvalue weighted by molar-refractivity contribution is -0.166. The van der Waals surface area contributed by atoms with E-state index in [-0.39, 0.29) is 37.2 Å². The molecule has 1 aliphatic heterocycles. The maximum Gasteiger partial charge on any atom is 0.310 e. The van der Waals surface area contributed by atoms with Gasteiger partial charge in [0.25, 0.3) is 11.8 Å². The second-order valence-electron chi connectivity index (χ2n) is 10.7. The molecule has 3 rings (SSSR count). The highest BCUT2D eigenvalue weighted by Crippen LogP contribution is 2.31. The lowest BCUT2D eigenvalue weighted by Gasteiger charge is -2.28. The molecule has 0 spiro atoms. The third-order valence-electron chi connectivity index (χ3n) is 7.11. The molecule has 11 nitrogen and oxygen atoms in total. The summed E-state index contributed by atoms with van der Waals surface area (Å²) in [6.45, 7) is 7.88. The van der Waals surface area contributed by atoms with E-state index in [1.165, 1.54) is 5.01 Å². The third kappa shape index (κ3) is 11.1. The Morgan fingerprint density at radius 2 is 1.59 bits per heavy atom. The summed E-state index contributed by atoms with van der Waals surface area (Å²) in [6.07, 6.45) is 4.40. The number of anilines is 1. The number of carboxylic acid groups (broad SMARTS) is 1. The second kappa shape index (κ2) is 17.7. The number of unbranched alkanes of at least 4 members (excludes halogenated alkanes) is 1. The normalized spacial score (nSPS) is 22.7. The molecule has 6 atom stereocenters. The lowest BCUT2D eigenvalue weighted by Crippen LogP contribution is -2.36. The molecule has 1 aromatic rings. The number of hydrogen-bond acceptors (Lipinski definition) is 8. The van der Waals surface area contributed by atoms with Crippen molar-refractivity contribution in [2.75, 3.05) is 24.8 Å². The highest BCUT2D eigenvalue weighted by molar-refractivity contribution is 6.14. The van der Waals surface area contributed by atoms with Gasteiger partial charge in [-0.25, -0.2) is 5.01 Å². The summed E-state index contributed by atoms with van der Waals surface area (Å²) < 4.78 is 16.3. The van der Waals surface area contributed by atoms with E-state index in [1.54, 1.807) is 26.0 Å². The molecule has 230 valence electrons. The molecule has 6 unspecified atom stereocenters. The highest BCUT2D eigenvalue weighted by atomic mass is 16.6. The number of amides is 2. The summed E-state index contributed by atoms with van der Waals surface area (Å²) in [4.78, 5) is 47.3. The minimum Gasteiger partial charge on any atom is -0.481 e. The number of nitrogens with one attached hydrogen (secondary N) is 1. The number of rotatable bonds is 14. The zero-order chi connectivity index (χ0) is 30.4. The van der Waals surface area contributed by atoms with Gasteiger partial charge in [0.05, 0.1) is 49.6 Å². The third-order valence-corrected chi connectivity index (χ3v) is 7.11. The average Bonchev–Trinajstić information content (AvgIpc) is 3.26. The van der Waals surface area contributed by atoms with Crippen LogP contribution in [0.1, 0.15) is 72.6 Å². The number of carbonyl (C=O) groups excluding carboxylic acids is 3. The maximum absolute atomic E-state index is 12.2. The highest BCUT2D eigenvalue weighted by Gasteiger charge is 2.39. The van der Waals surface area contributed by atoms with E-state index in [9.17, 15) is 24.3 Å². The minimum atomic E-state index is -0.927. The van der Waals surface area contributed by atoms with E-state index in [2.05, 4.69) is 5.43 Å². The molecule has 3 N–H and O–H groups in total. The van der Waals surface area contributed by atoms with Gasteiger partial charge in [0.15, 0.2) is 0 Å². The number of esters is 1. The van der Waals surface area contributed by atoms with Crippen molar-refractivity contribution in [1.82, 2.24) is 5.43 Å². The summed E-state index contributed by atoms with van der Waals surface area (Å²) >= 11 is 0. The standard InChI is InChI=1S/C17H30O7.C13H16N2O2/c1-11(8-18)22-9-12(2)23-10-13(3)24-17(21)15-7-5-4-6-14(15)16(19)20;1-2-3-9-11-12(16)14-15(13(11)17)10-7-5-4-6-8-10/h11-15,18H,4-10H2,1-3H3,(H,19,20);4-8,11H,2-3,9H2,1H3,(H,14,16). The molecule has 2 amide bonds. The first-order valence-electron chi connectivity index (χ1n) is 14.6. The second-order valence-corrected chi connectivity index (χ2v) is 10.7. The number of benzene rings is 1. The number of carboxylic acids is 1. The van der Waals surface area contributed by atoms with Crippen LogP contribution in [0.25, 0.3) is 0 Å². The van der Waals surface area contributed by atoms with Crippen LogP contribution >= 0.6 is 0 Å². The Balaban J connectivity index is 0.000000303. The van der Waals surface area contributed by atoms with Gasteiger partial charge in [0.1, 0.15) is 12.0 Å². The van der Waals surface area contributed by atoms with Crippen molar-refractivity contribution in [3.63, 3.8) is 0 Å². The fourth-order valence-corrected chi connectivity index (χ4v) is 4.67. The molecule has 41 heavy (non-hydrogen) atoms. The van der Waals surface area contributed by atoms with E-state index >= 15 is 0 Å². The first-order chi connectivity index (χ1) is 19.6. The molecule has 11 heteroatoms. The quantitative estimate of drug-likeness (QED) is 0.223. The molecule has 2 fully saturated rings. The largest absolute Gasteiger partial charge is 0.481 e. The Kier molecular flexibility index (Phi) is 14.8. The first-order valence-corrected chi connectivity index (χ1v) is 14.6. The van der Waals surface area contributed by atoms with E-state index < -0.39 is 35.8 Å². The van der Waals surface area contributed by atoms with Crippen LogP contribution < -0.4 is 10.4 Å². The molecule has 0 bridgehead atoms. The van der Waals surface area contributed by atoms with Crippen LogP contribution in [0.15, 0.2) is 30.3 Å². The topological polar surface area (TPSA) is 152 Å². The summed E-state index contributed by atoms with van der Waals surface area (Å²) in [5.74, 6) is -3.44. The minimum absolute atomic E-state index is 0.0487. The summed E-state index contributed by atoms with van der Waals surface area (Å²) in [7, 11) is 0. The molecule has 1 heterocycles. The number of hydrogen-bond donors (Lipinski definition) is 3. The Bertz CT molecular complexity index is 974. The Labute approximate surface area is 242 Å². The number of hydrazine groups is 1. The first kappa shape index (κ1) is 34.2. The van der Waals surface area contributed by atoms with Gasteiger partial charge in [-0.15, -0.1) is 0 Å². The van der Waals surface area contributed by atoms with Crippen molar-refractivity contribution < 1.29 is 43.6 Å². The Morgan fingerprint density at radius 1 is 0.976 bits per heavy atom. The van der Waals surface area contributed by atoms with Crippen molar-refractivity contribution in [3.05, 3.63) is 30.3 Å². The lowest BCUT2D eigenvalue weighted by atomic mass is 9.79. The van der Waals surface area contributed by atoms with Crippen molar-refractivity contribution >= 4 is 29.4 Å². The average molecular weight is 579 g/mol. The van der Waals surface area contributed by atoms with Crippen LogP contribution in [-0.4, -0.2) is 72.1 Å². The summed E-state index contributed by atoms with van der Waals surface area (Å²) in [6, 6.07) is 9.17. The number of ether oxygens (including phenoxy) is 3. The molecule has 2 aliphatic rings. The molecule has 1 aliphatic carbocycles. The van der Waals surface area contributed by atoms with Gasteiger partial charge in [-0.3, -0.25) is 24.6 Å². The van der Waals surface area contributed by atoms with Crippen LogP contribution in [0.5, 0.6) is 0 Å². The molecule has 1 saturated carbocycles. The predicted octanol–water partition coefficient (Wildman–Crippen LogP) is 3.48. The van der Waals surface area contributed by atoms with Crippen LogP contribution in [0.3, 0.4) is 0 Å². The van der Waals surface area contributed by atoms with E-state index in [4.69, 9.17) is 19.3 Å². The Hall–Kier alpha value is -3.02. The van der Waals surface area contributed by atoms with E-state index in [1.807, 2.05) is 32.0 Å². The monoisotopic (exact) mass is 578 g/mol. The van der Waals surface area contributed by atoms with Gasteiger partial charge in [-0.05, 0) is 52.2 Å². The van der Waals surface area contributed by atoms with Crippen LogP contribution in [-0.2, 0) is 33.4 Å². The number of para-hydroxylation sites is 1. The Morgan fingerprint density at radius 3 is 2.20 bits per heavy atom. The number of carbonyl (C=O) groups is 4. The van der Waals surface area contributed by atoms with Gasteiger partial charge >= 0.3 is 11.9 Å². The molecular weight excluding hydrogens is 532 g/mol. The van der Waals surface area contributed by atoms with Gasteiger partial charge < -0.3 is 24.4 Å². The zero-order valence-corrected chi connectivity index (χ0v) is 24.6. The van der Waals surface area contributed by atoms with Crippen molar-refractivity contribution in [3.8, 4) is 0 Å². The molecule has 0 aromatic heterocycles. The van der Waals surface area contributed by atoms with Gasteiger partial charge in [-0.2, -0.15) is 0 Å². The molecule has 1 aromatic carbocycles. The number of aliphatic hydroxyl groups excluding tert-OH is 1. The molecule has 1 saturated heterocycles. The van der Waals surface area contributed by atoms with Gasteiger partial charge in [0.2, 0.25) is 0 Å². The van der Waals surface area contributed by atoms with Crippen molar-refractivity contribution in [2.45, 2.75) is 91.0 Å². The number of aliphatic carboxylic acids is 1. The van der Waals surface area contributed by atoms with Crippen molar-refractivity contribution in [1.29, 1.82) is 0 Å².